The second-order valence-corrected chi connectivity index (χ2v) is 6.07. The lowest BCUT2D eigenvalue weighted by atomic mass is 9.76. The zero-order valence-corrected chi connectivity index (χ0v) is 14.4. The van der Waals surface area contributed by atoms with Gasteiger partial charge in [0.1, 0.15) is 6.10 Å². The standard InChI is InChI=1S/C18H18O8/c1-7-12-14(16(22)10(26-7)6-11(20)24-2)15(21)8-4-5-9(19)18(25-3)13(8)17(12)23/h4-5,7,10,16,19,22H,6H2,1-3H3/t7-,10-,16+/m1/s1. The number of rotatable bonds is 3. The van der Waals surface area contributed by atoms with Crippen LogP contribution < -0.4 is 4.74 Å². The zero-order valence-electron chi connectivity index (χ0n) is 14.4. The number of benzene rings is 1. The Morgan fingerprint density at radius 2 is 1.88 bits per heavy atom. The van der Waals surface area contributed by atoms with Crippen LogP contribution in [0.15, 0.2) is 23.3 Å². The Labute approximate surface area is 149 Å². The summed E-state index contributed by atoms with van der Waals surface area (Å²) in [6.07, 6.45) is -3.55. The van der Waals surface area contributed by atoms with Gasteiger partial charge in [0.25, 0.3) is 0 Å². The van der Waals surface area contributed by atoms with Crippen LogP contribution in [0.3, 0.4) is 0 Å². The van der Waals surface area contributed by atoms with Gasteiger partial charge >= 0.3 is 5.97 Å². The van der Waals surface area contributed by atoms with Gasteiger partial charge in [-0.25, -0.2) is 0 Å². The first-order valence-corrected chi connectivity index (χ1v) is 7.95. The quantitative estimate of drug-likeness (QED) is 0.758. The number of ketones is 2. The van der Waals surface area contributed by atoms with Gasteiger partial charge in [-0.2, -0.15) is 0 Å². The van der Waals surface area contributed by atoms with E-state index in [1.165, 1.54) is 26.4 Å². The summed E-state index contributed by atoms with van der Waals surface area (Å²) < 4.78 is 15.3. The first kappa shape index (κ1) is 18.1. The first-order chi connectivity index (χ1) is 12.3. The van der Waals surface area contributed by atoms with Crippen LogP contribution in [0, 0.1) is 0 Å². The molecule has 26 heavy (non-hydrogen) atoms. The second-order valence-electron chi connectivity index (χ2n) is 6.07. The lowest BCUT2D eigenvalue weighted by Gasteiger charge is -2.37. The minimum atomic E-state index is -1.45. The Hall–Kier alpha value is -2.71. The van der Waals surface area contributed by atoms with Crippen LogP contribution in [-0.2, 0) is 14.3 Å². The Balaban J connectivity index is 2.12. The molecule has 8 heteroatoms. The molecule has 8 nitrogen and oxygen atoms in total. The van der Waals surface area contributed by atoms with Crippen molar-refractivity contribution in [2.24, 2.45) is 0 Å². The maximum atomic E-state index is 13.0. The maximum Gasteiger partial charge on any atom is 0.308 e. The first-order valence-electron chi connectivity index (χ1n) is 7.95. The highest BCUT2D eigenvalue weighted by Gasteiger charge is 2.46. The molecule has 0 bridgehead atoms. The van der Waals surface area contributed by atoms with Crippen molar-refractivity contribution in [2.75, 3.05) is 14.2 Å². The molecule has 0 aromatic heterocycles. The smallest absolute Gasteiger partial charge is 0.308 e. The highest BCUT2D eigenvalue weighted by molar-refractivity contribution is 6.29. The lowest BCUT2D eigenvalue weighted by molar-refractivity contribution is -0.148. The number of aromatic hydroxyl groups is 1. The van der Waals surface area contributed by atoms with Crippen LogP contribution in [0.1, 0.15) is 34.1 Å². The predicted octanol–water partition coefficient (Wildman–Crippen LogP) is 0.788. The van der Waals surface area contributed by atoms with Gasteiger partial charge in [0, 0.05) is 16.7 Å². The van der Waals surface area contributed by atoms with E-state index in [2.05, 4.69) is 4.74 Å². The van der Waals surface area contributed by atoms with E-state index in [9.17, 15) is 24.6 Å². The van der Waals surface area contributed by atoms with Crippen LogP contribution in [-0.4, -0.2) is 60.3 Å². The van der Waals surface area contributed by atoms with Gasteiger partial charge in [-0.05, 0) is 19.1 Å². The van der Waals surface area contributed by atoms with Crippen LogP contribution in [0.5, 0.6) is 11.5 Å². The minimum Gasteiger partial charge on any atom is -0.504 e. The highest BCUT2D eigenvalue weighted by Crippen LogP contribution is 2.42. The molecule has 0 saturated heterocycles. The number of Topliss-reactive ketones (excluding diaryl/α,β-unsaturated/α-hetero) is 2. The van der Waals surface area contributed by atoms with Gasteiger partial charge in [0.15, 0.2) is 23.1 Å². The Kier molecular flexibility index (Phi) is 4.55. The SMILES string of the molecule is COC(=O)C[C@H]1O[C@H](C)C2=C(C(=O)c3ccc(O)c(OC)c3C2=O)[C@H]1O. The summed E-state index contributed by atoms with van der Waals surface area (Å²) in [6, 6.07) is 2.55. The van der Waals surface area contributed by atoms with Crippen LogP contribution >= 0.6 is 0 Å². The third-order valence-electron chi connectivity index (χ3n) is 4.62. The van der Waals surface area contributed by atoms with E-state index in [1.54, 1.807) is 6.92 Å². The Bertz CT molecular complexity index is 838. The molecule has 0 spiro atoms. The summed E-state index contributed by atoms with van der Waals surface area (Å²) in [4.78, 5) is 37.5. The molecule has 3 atom stereocenters. The number of hydrogen-bond acceptors (Lipinski definition) is 8. The number of aliphatic hydroxyl groups excluding tert-OH is 1. The van der Waals surface area contributed by atoms with Crippen molar-refractivity contribution in [1.29, 1.82) is 0 Å². The van der Waals surface area contributed by atoms with E-state index < -0.39 is 35.8 Å². The van der Waals surface area contributed by atoms with Gasteiger partial charge in [0.2, 0.25) is 0 Å². The molecule has 0 saturated carbocycles. The molecule has 2 N–H and O–H groups in total. The number of phenols is 1. The average Bonchev–Trinajstić information content (AvgIpc) is 2.61. The molecule has 0 fully saturated rings. The zero-order chi connectivity index (χ0) is 19.2. The average molecular weight is 362 g/mol. The molecule has 1 heterocycles. The summed E-state index contributed by atoms with van der Waals surface area (Å²) in [6.45, 7) is 1.55. The largest absolute Gasteiger partial charge is 0.504 e. The molecule has 2 aliphatic rings. The molecule has 3 rings (SSSR count). The van der Waals surface area contributed by atoms with Crippen molar-refractivity contribution in [3.8, 4) is 11.5 Å². The monoisotopic (exact) mass is 362 g/mol. The summed E-state index contributed by atoms with van der Waals surface area (Å²) in [5, 5.41) is 20.5. The van der Waals surface area contributed by atoms with Crippen molar-refractivity contribution in [2.45, 2.75) is 31.7 Å². The fraction of sp³-hybridized carbons (Fsp3) is 0.389. The highest BCUT2D eigenvalue weighted by atomic mass is 16.5. The number of fused-ring (bicyclic) bond motifs is 1. The van der Waals surface area contributed by atoms with E-state index in [4.69, 9.17) is 9.47 Å². The van der Waals surface area contributed by atoms with Gasteiger partial charge < -0.3 is 24.4 Å². The molecule has 0 unspecified atom stereocenters. The van der Waals surface area contributed by atoms with Gasteiger partial charge in [-0.15, -0.1) is 0 Å². The van der Waals surface area contributed by atoms with Crippen molar-refractivity contribution < 1.29 is 38.8 Å². The lowest BCUT2D eigenvalue weighted by Crippen LogP contribution is -2.47. The van der Waals surface area contributed by atoms with E-state index in [0.717, 1.165) is 0 Å². The Morgan fingerprint density at radius 3 is 2.50 bits per heavy atom. The van der Waals surface area contributed by atoms with Gasteiger partial charge in [-0.1, -0.05) is 0 Å². The summed E-state index contributed by atoms with van der Waals surface area (Å²) >= 11 is 0. The van der Waals surface area contributed by atoms with E-state index in [0.29, 0.717) is 0 Å². The fourth-order valence-electron chi connectivity index (χ4n) is 3.41. The Morgan fingerprint density at radius 1 is 1.19 bits per heavy atom. The third kappa shape index (κ3) is 2.58. The molecule has 1 aromatic carbocycles. The number of carbonyl (C=O) groups excluding carboxylic acids is 3. The molecule has 138 valence electrons. The van der Waals surface area contributed by atoms with E-state index >= 15 is 0 Å². The maximum absolute atomic E-state index is 13.0. The van der Waals surface area contributed by atoms with Crippen molar-refractivity contribution in [3.05, 3.63) is 34.4 Å². The number of carbonyl (C=O) groups is 3. The van der Waals surface area contributed by atoms with Crippen molar-refractivity contribution in [1.82, 2.24) is 0 Å². The van der Waals surface area contributed by atoms with Gasteiger partial charge in [0.05, 0.1) is 38.4 Å². The third-order valence-corrected chi connectivity index (χ3v) is 4.62. The van der Waals surface area contributed by atoms with Crippen LogP contribution in [0.2, 0.25) is 0 Å². The number of hydrogen-bond donors (Lipinski definition) is 2. The number of ether oxygens (including phenoxy) is 3. The topological polar surface area (TPSA) is 119 Å². The van der Waals surface area contributed by atoms with Crippen molar-refractivity contribution >= 4 is 17.5 Å². The minimum absolute atomic E-state index is 0.0000146. The molecule has 1 aromatic rings. The second kappa shape index (κ2) is 6.54. The number of phenolic OH excluding ortho intramolecular Hbond substituents is 1. The van der Waals surface area contributed by atoms with Crippen molar-refractivity contribution in [3.63, 3.8) is 0 Å². The van der Waals surface area contributed by atoms with Crippen LogP contribution in [0.4, 0.5) is 0 Å². The normalized spacial score (nSPS) is 24.8. The van der Waals surface area contributed by atoms with Gasteiger partial charge in [-0.3, -0.25) is 14.4 Å². The number of methoxy groups -OCH3 is 2. The fourth-order valence-corrected chi connectivity index (χ4v) is 3.41. The van der Waals surface area contributed by atoms with E-state index in [-0.39, 0.29) is 40.2 Å². The molecular formula is C18H18O8. The molecule has 1 aliphatic carbocycles. The molecular weight excluding hydrogens is 344 g/mol. The van der Waals surface area contributed by atoms with Crippen LogP contribution in [0.25, 0.3) is 0 Å². The number of esters is 1. The summed E-state index contributed by atoms with van der Waals surface area (Å²) in [5.74, 6) is -2.11. The summed E-state index contributed by atoms with van der Waals surface area (Å²) in [5.41, 5.74) is -0.137. The summed E-state index contributed by atoms with van der Waals surface area (Å²) in [7, 11) is 2.48. The molecule has 1 aliphatic heterocycles. The number of aliphatic hydroxyl groups is 1. The molecule has 0 amide bonds. The molecule has 0 radical (unpaired) electrons. The predicted molar refractivity (Wildman–Crippen MR) is 87.3 cm³/mol. The van der Waals surface area contributed by atoms with E-state index in [1.807, 2.05) is 0 Å².